The molecule has 7 heteroatoms. The van der Waals surface area contributed by atoms with Crippen LogP contribution in [0.4, 0.5) is 5.69 Å². The Balaban J connectivity index is 1.55. The van der Waals surface area contributed by atoms with E-state index in [1.807, 2.05) is 44.2 Å². The van der Waals surface area contributed by atoms with Crippen molar-refractivity contribution in [3.63, 3.8) is 0 Å². The molecule has 0 aliphatic rings. The van der Waals surface area contributed by atoms with E-state index in [1.165, 1.54) is 18.1 Å². The first-order valence-corrected chi connectivity index (χ1v) is 11.9. The van der Waals surface area contributed by atoms with Crippen LogP contribution in [0.15, 0.2) is 77.6 Å². The molecule has 0 saturated carbocycles. The number of carboxylic acids is 1. The first-order valence-electron chi connectivity index (χ1n) is 11.5. The third-order valence-corrected chi connectivity index (χ3v) is 6.21. The van der Waals surface area contributed by atoms with Gasteiger partial charge in [0.1, 0.15) is 5.75 Å². The lowest BCUT2D eigenvalue weighted by Crippen LogP contribution is -2.16. The van der Waals surface area contributed by atoms with E-state index in [0.717, 1.165) is 17.5 Å². The molecule has 0 atom stereocenters. The van der Waals surface area contributed by atoms with E-state index >= 15 is 0 Å². The van der Waals surface area contributed by atoms with E-state index in [-0.39, 0.29) is 12.3 Å². The predicted octanol–water partition coefficient (Wildman–Crippen LogP) is 6.72. The van der Waals surface area contributed by atoms with Crippen LogP contribution in [0.2, 0.25) is 5.02 Å². The summed E-state index contributed by atoms with van der Waals surface area (Å²) < 4.78 is 11.1. The molecule has 3 aromatic carbocycles. The van der Waals surface area contributed by atoms with Crippen LogP contribution in [-0.4, -0.2) is 23.6 Å². The smallest absolute Gasteiger partial charge is 0.307 e. The number of ether oxygens (including phenoxy) is 1. The highest BCUT2D eigenvalue weighted by Gasteiger charge is 2.19. The number of hydrogen-bond donors (Lipinski definition) is 2. The summed E-state index contributed by atoms with van der Waals surface area (Å²) in [6.07, 6.45) is 3.59. The first kappa shape index (κ1) is 25.1. The van der Waals surface area contributed by atoms with E-state index in [2.05, 4.69) is 17.4 Å². The number of benzene rings is 3. The molecule has 184 valence electrons. The Labute approximate surface area is 214 Å². The molecule has 1 aromatic heterocycles. The van der Waals surface area contributed by atoms with Crippen LogP contribution < -0.4 is 10.1 Å². The van der Waals surface area contributed by atoms with Crippen molar-refractivity contribution >= 4 is 29.2 Å². The Morgan fingerprint density at radius 1 is 1.00 bits per heavy atom. The molecule has 0 saturated heterocycles. The third-order valence-electron chi connectivity index (χ3n) is 5.80. The molecular weight excluding hydrogens is 478 g/mol. The standard InChI is InChI=1S/C29H26ClNO5/c1-18-12-23(36-11-8-20-6-4-3-5-7-20)13-19(2)27(18)29(34)31-25-15-21(16-26(32)33)14-24(28(25)30)22-9-10-35-17-22/h3-7,9-10,12-15,17H,8,11,16H2,1-2H3,(H,31,34)(H,32,33). The Morgan fingerprint density at radius 3 is 2.36 bits per heavy atom. The highest BCUT2D eigenvalue weighted by Crippen LogP contribution is 2.36. The SMILES string of the molecule is Cc1cc(OCCc2ccccc2)cc(C)c1C(=O)Nc1cc(CC(=O)O)cc(-c2ccoc2)c1Cl. The molecule has 0 aliphatic carbocycles. The van der Waals surface area contributed by atoms with Gasteiger partial charge in [0, 0.05) is 23.1 Å². The lowest BCUT2D eigenvalue weighted by Gasteiger charge is -2.16. The predicted molar refractivity (Wildman–Crippen MR) is 140 cm³/mol. The summed E-state index contributed by atoms with van der Waals surface area (Å²) in [6.45, 7) is 4.23. The average Bonchev–Trinajstić information content (AvgIpc) is 3.36. The molecule has 0 unspecified atom stereocenters. The van der Waals surface area contributed by atoms with E-state index < -0.39 is 5.97 Å². The van der Waals surface area contributed by atoms with Crippen molar-refractivity contribution < 1.29 is 23.8 Å². The van der Waals surface area contributed by atoms with Gasteiger partial charge in [0.05, 0.1) is 36.3 Å². The molecule has 6 nitrogen and oxygen atoms in total. The van der Waals surface area contributed by atoms with Gasteiger partial charge in [-0.1, -0.05) is 41.9 Å². The summed E-state index contributed by atoms with van der Waals surface area (Å²) in [7, 11) is 0. The van der Waals surface area contributed by atoms with Crippen molar-refractivity contribution in [1.29, 1.82) is 0 Å². The van der Waals surface area contributed by atoms with Crippen LogP contribution in [0, 0.1) is 13.8 Å². The van der Waals surface area contributed by atoms with Crippen LogP contribution in [-0.2, 0) is 17.6 Å². The molecule has 0 fully saturated rings. The summed E-state index contributed by atoms with van der Waals surface area (Å²) in [5.74, 6) is -0.628. The number of hydrogen-bond acceptors (Lipinski definition) is 4. The fourth-order valence-corrected chi connectivity index (χ4v) is 4.43. The van der Waals surface area contributed by atoms with Gasteiger partial charge in [-0.2, -0.15) is 0 Å². The van der Waals surface area contributed by atoms with Gasteiger partial charge in [0.25, 0.3) is 5.91 Å². The van der Waals surface area contributed by atoms with Gasteiger partial charge < -0.3 is 19.6 Å². The molecule has 4 aromatic rings. The lowest BCUT2D eigenvalue weighted by molar-refractivity contribution is -0.136. The number of carbonyl (C=O) groups is 2. The molecule has 36 heavy (non-hydrogen) atoms. The molecule has 2 N–H and O–H groups in total. The van der Waals surface area contributed by atoms with Gasteiger partial charge in [-0.05, 0) is 66.4 Å². The molecule has 0 bridgehead atoms. The number of amides is 1. The third kappa shape index (κ3) is 5.96. The minimum Gasteiger partial charge on any atom is -0.493 e. The minimum atomic E-state index is -0.984. The van der Waals surface area contributed by atoms with Gasteiger partial charge >= 0.3 is 5.97 Å². The molecule has 0 spiro atoms. The van der Waals surface area contributed by atoms with Crippen LogP contribution in [0.25, 0.3) is 11.1 Å². The highest BCUT2D eigenvalue weighted by atomic mass is 35.5. The monoisotopic (exact) mass is 503 g/mol. The minimum absolute atomic E-state index is 0.210. The van der Waals surface area contributed by atoms with Crippen molar-refractivity contribution in [2.75, 3.05) is 11.9 Å². The second-order valence-electron chi connectivity index (χ2n) is 8.56. The fraction of sp³-hybridized carbons (Fsp3) is 0.172. The van der Waals surface area contributed by atoms with Gasteiger partial charge in [-0.15, -0.1) is 0 Å². The summed E-state index contributed by atoms with van der Waals surface area (Å²) >= 11 is 6.63. The maximum atomic E-state index is 13.3. The second-order valence-corrected chi connectivity index (χ2v) is 8.94. The van der Waals surface area contributed by atoms with Gasteiger partial charge in [0.15, 0.2) is 0 Å². The molecule has 4 rings (SSSR count). The molecular formula is C29H26ClNO5. The number of rotatable bonds is 9. The molecule has 0 aliphatic heterocycles. The Kier molecular flexibility index (Phi) is 7.76. The maximum absolute atomic E-state index is 13.3. The number of carboxylic acid groups (broad SMARTS) is 1. The largest absolute Gasteiger partial charge is 0.493 e. The van der Waals surface area contributed by atoms with Crippen molar-refractivity contribution in [2.45, 2.75) is 26.7 Å². The summed E-state index contributed by atoms with van der Waals surface area (Å²) in [5, 5.41) is 12.5. The van der Waals surface area contributed by atoms with E-state index in [4.69, 9.17) is 20.8 Å². The van der Waals surface area contributed by atoms with Crippen LogP contribution in [0.5, 0.6) is 5.75 Å². The number of anilines is 1. The summed E-state index contributed by atoms with van der Waals surface area (Å²) in [5.41, 5.74) is 5.33. The molecule has 0 radical (unpaired) electrons. The van der Waals surface area contributed by atoms with Gasteiger partial charge in [0.2, 0.25) is 0 Å². The zero-order chi connectivity index (χ0) is 25.7. The summed E-state index contributed by atoms with van der Waals surface area (Å²) in [6, 6.07) is 18.8. The molecule has 1 heterocycles. The zero-order valence-electron chi connectivity index (χ0n) is 20.0. The van der Waals surface area contributed by atoms with Crippen molar-refractivity contribution in [3.8, 4) is 16.9 Å². The van der Waals surface area contributed by atoms with Crippen molar-refractivity contribution in [1.82, 2.24) is 0 Å². The topological polar surface area (TPSA) is 88.8 Å². The van der Waals surface area contributed by atoms with Crippen LogP contribution in [0.1, 0.15) is 32.6 Å². The number of furan rings is 1. The first-order chi connectivity index (χ1) is 17.3. The quantitative estimate of drug-likeness (QED) is 0.265. The van der Waals surface area contributed by atoms with E-state index in [9.17, 15) is 14.7 Å². The number of halogens is 1. The zero-order valence-corrected chi connectivity index (χ0v) is 20.8. The van der Waals surface area contributed by atoms with Gasteiger partial charge in [-0.25, -0.2) is 0 Å². The Hall–Kier alpha value is -4.03. The summed E-state index contributed by atoms with van der Waals surface area (Å²) in [4.78, 5) is 24.6. The van der Waals surface area contributed by atoms with E-state index in [1.54, 1.807) is 18.2 Å². The average molecular weight is 504 g/mol. The van der Waals surface area contributed by atoms with E-state index in [0.29, 0.717) is 45.3 Å². The number of carbonyl (C=O) groups excluding carboxylic acids is 1. The second kappa shape index (κ2) is 11.1. The van der Waals surface area contributed by atoms with Gasteiger partial charge in [-0.3, -0.25) is 9.59 Å². The maximum Gasteiger partial charge on any atom is 0.307 e. The number of nitrogens with one attached hydrogen (secondary N) is 1. The van der Waals surface area contributed by atoms with Crippen LogP contribution >= 0.6 is 11.6 Å². The number of aryl methyl sites for hydroxylation is 2. The highest BCUT2D eigenvalue weighted by molar-refractivity contribution is 6.36. The number of aliphatic carboxylic acids is 1. The van der Waals surface area contributed by atoms with Crippen LogP contribution in [0.3, 0.4) is 0 Å². The van der Waals surface area contributed by atoms with Crippen molar-refractivity contribution in [2.24, 2.45) is 0 Å². The Bertz CT molecular complexity index is 1360. The fourth-order valence-electron chi connectivity index (χ4n) is 4.16. The lowest BCUT2D eigenvalue weighted by atomic mass is 10.00. The van der Waals surface area contributed by atoms with Crippen molar-refractivity contribution in [3.05, 3.63) is 106 Å². The normalized spacial score (nSPS) is 10.8. The molecule has 1 amide bonds. The Morgan fingerprint density at radius 2 is 1.72 bits per heavy atom.